The standard InChI is InChI=1S/C16H19N3O7S/c1-8-12(15(21)26-4-5-27-3)13(18-16(22)17-8)9-6-10(19(23)24)14(20)11(7-9)25-2/h6-7,13,20H,4-5H2,1-3H3,(H2,17,18,22)/t13-/m0/s1. The molecule has 1 aromatic carbocycles. The molecule has 0 unspecified atom stereocenters. The van der Waals surface area contributed by atoms with Crippen molar-refractivity contribution in [2.75, 3.05) is 25.7 Å². The van der Waals surface area contributed by atoms with Crippen LogP contribution in [0.2, 0.25) is 0 Å². The van der Waals surface area contributed by atoms with Gasteiger partial charge in [0.15, 0.2) is 5.75 Å². The zero-order chi connectivity index (χ0) is 20.1. The number of carbonyl (C=O) groups excluding carboxylic acids is 2. The highest BCUT2D eigenvalue weighted by atomic mass is 32.2. The normalized spacial score (nSPS) is 16.4. The van der Waals surface area contributed by atoms with Crippen LogP contribution in [-0.4, -0.2) is 47.8 Å². The summed E-state index contributed by atoms with van der Waals surface area (Å²) in [5.74, 6) is -0.856. The Morgan fingerprint density at radius 2 is 2.15 bits per heavy atom. The van der Waals surface area contributed by atoms with Gasteiger partial charge in [0.2, 0.25) is 5.75 Å². The predicted molar refractivity (Wildman–Crippen MR) is 97.8 cm³/mol. The summed E-state index contributed by atoms with van der Waals surface area (Å²) >= 11 is 1.50. The number of nitrogens with one attached hydrogen (secondary N) is 2. The van der Waals surface area contributed by atoms with Gasteiger partial charge in [0.05, 0.1) is 23.6 Å². The van der Waals surface area contributed by atoms with E-state index in [9.17, 15) is 24.8 Å². The zero-order valence-corrected chi connectivity index (χ0v) is 15.7. The number of phenols is 1. The molecule has 0 aliphatic carbocycles. The average molecular weight is 397 g/mol. The molecule has 2 rings (SSSR count). The van der Waals surface area contributed by atoms with E-state index in [1.165, 1.54) is 31.9 Å². The highest BCUT2D eigenvalue weighted by molar-refractivity contribution is 7.98. The first-order valence-electron chi connectivity index (χ1n) is 7.79. The summed E-state index contributed by atoms with van der Waals surface area (Å²) in [6, 6.07) is 0.819. The fraction of sp³-hybridized carbons (Fsp3) is 0.375. The van der Waals surface area contributed by atoms with Crippen LogP contribution in [0.5, 0.6) is 11.5 Å². The van der Waals surface area contributed by atoms with E-state index in [0.29, 0.717) is 5.75 Å². The summed E-state index contributed by atoms with van der Waals surface area (Å²) < 4.78 is 10.2. The number of aromatic hydroxyl groups is 1. The Hall–Kier alpha value is -2.95. The van der Waals surface area contributed by atoms with Crippen LogP contribution in [0.1, 0.15) is 18.5 Å². The summed E-state index contributed by atoms with van der Waals surface area (Å²) in [6.45, 7) is 1.71. The summed E-state index contributed by atoms with van der Waals surface area (Å²) in [7, 11) is 1.24. The molecule has 0 fully saturated rings. The van der Waals surface area contributed by atoms with Crippen molar-refractivity contribution in [2.45, 2.75) is 13.0 Å². The van der Waals surface area contributed by atoms with Gasteiger partial charge < -0.3 is 25.2 Å². The van der Waals surface area contributed by atoms with Crippen molar-refractivity contribution in [1.82, 2.24) is 10.6 Å². The molecule has 27 heavy (non-hydrogen) atoms. The molecule has 1 heterocycles. The molecule has 0 bridgehead atoms. The fourth-order valence-corrected chi connectivity index (χ4v) is 2.84. The van der Waals surface area contributed by atoms with Gasteiger partial charge in [0.25, 0.3) is 0 Å². The number of allylic oxidation sites excluding steroid dienone is 1. The average Bonchev–Trinajstić information content (AvgIpc) is 2.61. The Labute approximate surface area is 159 Å². The number of nitro groups is 1. The number of amides is 2. The highest BCUT2D eigenvalue weighted by Crippen LogP contribution is 2.40. The second-order valence-electron chi connectivity index (χ2n) is 5.55. The molecular formula is C16H19N3O7S. The minimum absolute atomic E-state index is 0.109. The summed E-state index contributed by atoms with van der Waals surface area (Å²) in [4.78, 5) is 34.9. The van der Waals surface area contributed by atoms with Gasteiger partial charge in [-0.3, -0.25) is 10.1 Å². The van der Waals surface area contributed by atoms with Gasteiger partial charge >= 0.3 is 17.7 Å². The third-order valence-corrected chi connectivity index (χ3v) is 4.41. The van der Waals surface area contributed by atoms with E-state index in [-0.39, 0.29) is 29.2 Å². The van der Waals surface area contributed by atoms with E-state index in [1.807, 2.05) is 6.26 Å². The van der Waals surface area contributed by atoms with Crippen molar-refractivity contribution >= 4 is 29.4 Å². The first-order valence-corrected chi connectivity index (χ1v) is 9.19. The molecule has 2 amide bonds. The van der Waals surface area contributed by atoms with Gasteiger partial charge in [-0.05, 0) is 24.8 Å². The zero-order valence-electron chi connectivity index (χ0n) is 14.9. The molecule has 0 saturated heterocycles. The Morgan fingerprint density at radius 1 is 1.44 bits per heavy atom. The first kappa shape index (κ1) is 20.4. The van der Waals surface area contributed by atoms with Crippen LogP contribution >= 0.6 is 11.8 Å². The molecule has 0 spiro atoms. The van der Waals surface area contributed by atoms with Crippen LogP contribution < -0.4 is 15.4 Å². The van der Waals surface area contributed by atoms with E-state index < -0.39 is 34.4 Å². The minimum atomic E-state index is -1.01. The maximum Gasteiger partial charge on any atom is 0.338 e. The van der Waals surface area contributed by atoms with Crippen molar-refractivity contribution in [1.29, 1.82) is 0 Å². The predicted octanol–water partition coefficient (Wildman–Crippen LogP) is 1.84. The van der Waals surface area contributed by atoms with Crippen LogP contribution in [0.4, 0.5) is 10.5 Å². The molecule has 11 heteroatoms. The van der Waals surface area contributed by atoms with Gasteiger partial charge in [-0.25, -0.2) is 9.59 Å². The van der Waals surface area contributed by atoms with Crippen LogP contribution in [0.15, 0.2) is 23.4 Å². The lowest BCUT2D eigenvalue weighted by atomic mass is 9.94. The fourth-order valence-electron chi connectivity index (χ4n) is 2.59. The Balaban J connectivity index is 2.51. The minimum Gasteiger partial charge on any atom is -0.500 e. The largest absolute Gasteiger partial charge is 0.500 e. The van der Waals surface area contributed by atoms with Crippen LogP contribution in [0, 0.1) is 10.1 Å². The van der Waals surface area contributed by atoms with Crippen LogP contribution in [-0.2, 0) is 9.53 Å². The molecule has 1 aliphatic rings. The molecule has 1 aromatic rings. The number of esters is 1. The third kappa shape index (κ3) is 4.42. The molecule has 0 saturated carbocycles. The summed E-state index contributed by atoms with van der Waals surface area (Å²) in [5.41, 5.74) is -0.0300. The number of rotatable bonds is 7. The highest BCUT2D eigenvalue weighted by Gasteiger charge is 2.34. The van der Waals surface area contributed by atoms with Crippen molar-refractivity contribution in [2.24, 2.45) is 0 Å². The molecule has 10 nitrogen and oxygen atoms in total. The maximum absolute atomic E-state index is 12.5. The monoisotopic (exact) mass is 397 g/mol. The number of methoxy groups -OCH3 is 1. The molecule has 0 aromatic heterocycles. The number of nitrogens with zero attached hydrogens (tertiary/aromatic N) is 1. The Kier molecular flexibility index (Phi) is 6.50. The smallest absolute Gasteiger partial charge is 0.338 e. The number of hydrogen-bond acceptors (Lipinski definition) is 8. The van der Waals surface area contributed by atoms with E-state index in [2.05, 4.69) is 10.6 Å². The lowest BCUT2D eigenvalue weighted by Crippen LogP contribution is -2.45. The van der Waals surface area contributed by atoms with Crippen molar-refractivity contribution < 1.29 is 29.1 Å². The number of nitro benzene ring substituents is 1. The molecule has 1 aliphatic heterocycles. The molecule has 0 radical (unpaired) electrons. The Morgan fingerprint density at radius 3 is 2.74 bits per heavy atom. The number of ether oxygens (including phenoxy) is 2. The second kappa shape index (κ2) is 8.62. The van der Waals surface area contributed by atoms with E-state index >= 15 is 0 Å². The number of thioether (sulfide) groups is 1. The second-order valence-corrected chi connectivity index (χ2v) is 6.53. The lowest BCUT2D eigenvalue weighted by Gasteiger charge is -2.28. The van der Waals surface area contributed by atoms with Gasteiger partial charge in [0.1, 0.15) is 6.61 Å². The number of carbonyl (C=O) groups is 2. The number of benzene rings is 1. The number of urea groups is 1. The van der Waals surface area contributed by atoms with Gasteiger partial charge in [0, 0.05) is 17.5 Å². The maximum atomic E-state index is 12.5. The third-order valence-electron chi connectivity index (χ3n) is 3.84. The molecule has 3 N–H and O–H groups in total. The topological polar surface area (TPSA) is 140 Å². The first-order chi connectivity index (χ1) is 12.8. The molecule has 146 valence electrons. The van der Waals surface area contributed by atoms with Crippen molar-refractivity contribution in [3.8, 4) is 11.5 Å². The summed E-state index contributed by atoms with van der Waals surface area (Å²) in [5, 5.41) is 26.2. The van der Waals surface area contributed by atoms with Crippen molar-refractivity contribution in [3.63, 3.8) is 0 Å². The van der Waals surface area contributed by atoms with Crippen LogP contribution in [0.25, 0.3) is 0 Å². The number of hydrogen-bond donors (Lipinski definition) is 3. The van der Waals surface area contributed by atoms with Gasteiger partial charge in [-0.15, -0.1) is 0 Å². The number of phenolic OH excluding ortho intramolecular Hbond substituents is 1. The van der Waals surface area contributed by atoms with Gasteiger partial charge in [-0.2, -0.15) is 11.8 Å². The van der Waals surface area contributed by atoms with E-state index in [1.54, 1.807) is 0 Å². The van der Waals surface area contributed by atoms with Gasteiger partial charge in [-0.1, -0.05) is 0 Å². The SMILES string of the molecule is COc1cc([C@@H]2NC(=O)NC(C)=C2C(=O)OCCSC)cc([N+](=O)[O-])c1O. The molecular weight excluding hydrogens is 378 g/mol. The van der Waals surface area contributed by atoms with Crippen molar-refractivity contribution in [3.05, 3.63) is 39.1 Å². The molecule has 1 atom stereocenters. The van der Waals surface area contributed by atoms with E-state index in [0.717, 1.165) is 6.07 Å². The quantitative estimate of drug-likeness (QED) is 0.274. The van der Waals surface area contributed by atoms with Crippen LogP contribution in [0.3, 0.4) is 0 Å². The van der Waals surface area contributed by atoms with E-state index in [4.69, 9.17) is 9.47 Å². The Bertz CT molecular complexity index is 809. The lowest BCUT2D eigenvalue weighted by molar-refractivity contribution is -0.386. The summed E-state index contributed by atoms with van der Waals surface area (Å²) in [6.07, 6.45) is 1.87.